The maximum Gasteiger partial charge on any atom is 0.142 e. The average Bonchev–Trinajstić information content (AvgIpc) is 2.26. The van der Waals surface area contributed by atoms with Crippen molar-refractivity contribution in [3.63, 3.8) is 0 Å². The number of fused-ring (bicyclic) bond motifs is 1. The lowest BCUT2D eigenvalue weighted by atomic mass is 9.76. The van der Waals surface area contributed by atoms with Crippen LogP contribution in [0, 0.1) is 6.92 Å². The Morgan fingerprint density at radius 2 is 1.55 bits per heavy atom. The summed E-state index contributed by atoms with van der Waals surface area (Å²) in [6, 6.07) is 2.37. The summed E-state index contributed by atoms with van der Waals surface area (Å²) in [5.41, 5.74) is 5.82. The number of nitrogens with zero attached hydrogens (tertiary/aromatic N) is 1. The van der Waals surface area contributed by atoms with Crippen molar-refractivity contribution in [1.29, 1.82) is 0 Å². The first-order chi connectivity index (χ1) is 9.01. The molecule has 0 atom stereocenters. The molecule has 0 aliphatic carbocycles. The van der Waals surface area contributed by atoms with E-state index in [1.807, 2.05) is 0 Å². The average molecular weight is 275 g/mol. The van der Waals surface area contributed by atoms with E-state index in [1.54, 1.807) is 0 Å². The van der Waals surface area contributed by atoms with Crippen molar-refractivity contribution in [3.05, 3.63) is 28.3 Å². The summed E-state index contributed by atoms with van der Waals surface area (Å²) < 4.78 is 6.07. The molecule has 2 rings (SSSR count). The second-order valence-electron chi connectivity index (χ2n) is 8.19. The molecule has 1 aliphatic rings. The number of ether oxygens (including phenoxy) is 1. The second-order valence-corrected chi connectivity index (χ2v) is 8.19. The summed E-state index contributed by atoms with van der Waals surface area (Å²) in [7, 11) is 2.11. The van der Waals surface area contributed by atoms with E-state index in [0.29, 0.717) is 6.73 Å². The predicted molar refractivity (Wildman–Crippen MR) is 85.5 cm³/mol. The van der Waals surface area contributed by atoms with E-state index >= 15 is 0 Å². The monoisotopic (exact) mass is 275 g/mol. The third kappa shape index (κ3) is 2.71. The molecule has 0 fully saturated rings. The largest absolute Gasteiger partial charge is 0.477 e. The van der Waals surface area contributed by atoms with Crippen LogP contribution in [0.15, 0.2) is 6.07 Å². The maximum absolute atomic E-state index is 6.07. The van der Waals surface area contributed by atoms with Crippen LogP contribution >= 0.6 is 0 Å². The fraction of sp³-hybridized carbons (Fsp3) is 0.667. The van der Waals surface area contributed by atoms with Crippen molar-refractivity contribution in [2.24, 2.45) is 0 Å². The number of hydrogen-bond acceptors (Lipinski definition) is 2. The highest BCUT2D eigenvalue weighted by Gasteiger charge is 2.30. The minimum atomic E-state index is 0.105. The van der Waals surface area contributed by atoms with Crippen LogP contribution in [0.4, 0.5) is 0 Å². The Balaban J connectivity index is 2.74. The zero-order valence-electron chi connectivity index (χ0n) is 14.3. The van der Waals surface area contributed by atoms with Crippen molar-refractivity contribution in [2.45, 2.75) is 65.8 Å². The van der Waals surface area contributed by atoms with Crippen molar-refractivity contribution < 1.29 is 4.74 Å². The quantitative estimate of drug-likeness (QED) is 0.697. The number of hydrogen-bond donors (Lipinski definition) is 0. The van der Waals surface area contributed by atoms with Gasteiger partial charge >= 0.3 is 0 Å². The minimum Gasteiger partial charge on any atom is -0.477 e. The Bertz CT molecular complexity index is 518. The molecule has 2 heteroatoms. The summed E-state index contributed by atoms with van der Waals surface area (Å²) >= 11 is 0. The maximum atomic E-state index is 6.07. The molecule has 0 N–H and O–H groups in total. The molecule has 1 aromatic rings. The van der Waals surface area contributed by atoms with Crippen LogP contribution in [0.5, 0.6) is 5.75 Å². The molecule has 1 aliphatic heterocycles. The fourth-order valence-corrected chi connectivity index (χ4v) is 3.00. The predicted octanol–water partition coefficient (Wildman–Crippen LogP) is 4.37. The van der Waals surface area contributed by atoms with Crippen molar-refractivity contribution in [3.8, 4) is 5.75 Å². The van der Waals surface area contributed by atoms with Gasteiger partial charge in [0, 0.05) is 17.7 Å². The smallest absolute Gasteiger partial charge is 0.142 e. The highest BCUT2D eigenvalue weighted by atomic mass is 16.5. The van der Waals surface area contributed by atoms with Crippen LogP contribution in [0.25, 0.3) is 0 Å². The highest BCUT2D eigenvalue weighted by Crippen LogP contribution is 2.42. The van der Waals surface area contributed by atoms with E-state index in [1.165, 1.54) is 22.3 Å². The second kappa shape index (κ2) is 4.77. The molecule has 0 amide bonds. The molecular formula is C18H29NO. The minimum absolute atomic E-state index is 0.105. The van der Waals surface area contributed by atoms with Crippen LogP contribution in [-0.2, 0) is 17.4 Å². The van der Waals surface area contributed by atoms with Crippen molar-refractivity contribution >= 4 is 0 Å². The van der Waals surface area contributed by atoms with Gasteiger partial charge in [0.15, 0.2) is 0 Å². The van der Waals surface area contributed by atoms with E-state index in [9.17, 15) is 0 Å². The molecule has 0 aromatic heterocycles. The lowest BCUT2D eigenvalue weighted by Gasteiger charge is -2.35. The van der Waals surface area contributed by atoms with Gasteiger partial charge in [-0.25, -0.2) is 0 Å². The Morgan fingerprint density at radius 1 is 1.00 bits per heavy atom. The van der Waals surface area contributed by atoms with E-state index in [4.69, 9.17) is 4.74 Å². The van der Waals surface area contributed by atoms with E-state index in [0.717, 1.165) is 12.3 Å². The van der Waals surface area contributed by atoms with Crippen molar-refractivity contribution in [1.82, 2.24) is 4.90 Å². The van der Waals surface area contributed by atoms with E-state index in [-0.39, 0.29) is 10.8 Å². The summed E-state index contributed by atoms with van der Waals surface area (Å²) in [5.74, 6) is 1.13. The van der Waals surface area contributed by atoms with E-state index in [2.05, 4.69) is 66.5 Å². The van der Waals surface area contributed by atoms with E-state index < -0.39 is 0 Å². The standard InChI is InChI=1S/C18H29NO/c1-12-13-10-19(8)11-20-16(13)15(18(5,6)7)9-14(12)17(2,3)4/h9H,10-11H2,1-8H3. The Hall–Kier alpha value is -1.02. The van der Waals surface area contributed by atoms with Gasteiger partial charge in [0.25, 0.3) is 0 Å². The molecule has 0 bridgehead atoms. The Morgan fingerprint density at radius 3 is 2.05 bits per heavy atom. The zero-order chi connectivity index (χ0) is 15.3. The van der Waals surface area contributed by atoms with Crippen LogP contribution < -0.4 is 4.74 Å². The lowest BCUT2D eigenvalue weighted by molar-refractivity contribution is 0.118. The summed E-state index contributed by atoms with van der Waals surface area (Å²) in [4.78, 5) is 2.23. The first-order valence-electron chi connectivity index (χ1n) is 7.50. The molecule has 0 unspecified atom stereocenters. The van der Waals surface area contributed by atoms with Gasteiger partial charge < -0.3 is 4.74 Å². The summed E-state index contributed by atoms with van der Waals surface area (Å²) in [5, 5.41) is 0. The van der Waals surface area contributed by atoms with Gasteiger partial charge in [0.1, 0.15) is 12.5 Å². The van der Waals surface area contributed by atoms with Crippen LogP contribution in [-0.4, -0.2) is 18.7 Å². The third-order valence-corrected chi connectivity index (χ3v) is 4.14. The van der Waals surface area contributed by atoms with Gasteiger partial charge in [-0.15, -0.1) is 0 Å². The highest BCUT2D eigenvalue weighted by molar-refractivity contribution is 5.55. The summed E-state index contributed by atoms with van der Waals surface area (Å²) in [6.45, 7) is 17.6. The van der Waals surface area contributed by atoms with Gasteiger partial charge in [0.05, 0.1) is 0 Å². The molecule has 1 aromatic carbocycles. The molecule has 20 heavy (non-hydrogen) atoms. The van der Waals surface area contributed by atoms with Crippen LogP contribution in [0.1, 0.15) is 63.8 Å². The molecule has 0 saturated carbocycles. The normalized spacial score (nSPS) is 16.8. The Kier molecular flexibility index (Phi) is 3.66. The SMILES string of the molecule is Cc1c(C(C)(C)C)cc(C(C)(C)C)c2c1CN(C)CO2. The molecule has 112 valence electrons. The number of rotatable bonds is 0. The fourth-order valence-electron chi connectivity index (χ4n) is 3.00. The molecule has 1 heterocycles. The summed E-state index contributed by atoms with van der Waals surface area (Å²) in [6.07, 6.45) is 0. The Labute approximate surface area is 124 Å². The molecule has 0 saturated heterocycles. The van der Waals surface area contributed by atoms with Gasteiger partial charge in [-0.3, -0.25) is 4.90 Å². The molecule has 0 spiro atoms. The first kappa shape index (κ1) is 15.4. The van der Waals surface area contributed by atoms with Gasteiger partial charge in [-0.05, 0) is 35.9 Å². The van der Waals surface area contributed by atoms with Gasteiger partial charge in [0.2, 0.25) is 0 Å². The molecular weight excluding hydrogens is 246 g/mol. The third-order valence-electron chi connectivity index (χ3n) is 4.14. The van der Waals surface area contributed by atoms with Gasteiger partial charge in [-0.1, -0.05) is 47.6 Å². The molecule has 2 nitrogen and oxygen atoms in total. The first-order valence-corrected chi connectivity index (χ1v) is 7.50. The zero-order valence-corrected chi connectivity index (χ0v) is 14.3. The van der Waals surface area contributed by atoms with Crippen molar-refractivity contribution in [2.75, 3.05) is 13.8 Å². The molecule has 0 radical (unpaired) electrons. The number of benzene rings is 1. The topological polar surface area (TPSA) is 12.5 Å². The van der Waals surface area contributed by atoms with Crippen LogP contribution in [0.2, 0.25) is 0 Å². The van der Waals surface area contributed by atoms with Gasteiger partial charge in [-0.2, -0.15) is 0 Å². The lowest BCUT2D eigenvalue weighted by Crippen LogP contribution is -2.32. The van der Waals surface area contributed by atoms with Crippen LogP contribution in [0.3, 0.4) is 0 Å².